The molecule has 1 N–H and O–H groups in total. The number of hydrogen-bond donors (Lipinski definition) is 1. The number of hydrogen-bond acceptors (Lipinski definition) is 4. The lowest BCUT2D eigenvalue weighted by Crippen LogP contribution is -2.08. The fourth-order valence-corrected chi connectivity index (χ4v) is 3.76. The minimum atomic E-state index is 0.280. The lowest BCUT2D eigenvalue weighted by Gasteiger charge is -2.16. The number of benzene rings is 1. The van der Waals surface area contributed by atoms with Crippen LogP contribution in [0.25, 0.3) is 10.4 Å². The van der Waals surface area contributed by atoms with Crippen LogP contribution in [0.1, 0.15) is 31.5 Å². The van der Waals surface area contributed by atoms with E-state index in [0.717, 1.165) is 18.0 Å². The number of nitrogens with zero attached hydrogens (tertiary/aromatic N) is 1. The quantitative estimate of drug-likeness (QED) is 0.876. The van der Waals surface area contributed by atoms with Crippen molar-refractivity contribution in [2.75, 3.05) is 7.05 Å². The van der Waals surface area contributed by atoms with Gasteiger partial charge in [-0.1, -0.05) is 51.1 Å². The first-order chi connectivity index (χ1) is 9.49. The average Bonchev–Trinajstić information content (AvgIpc) is 2.80. The molecule has 1 aromatic carbocycles. The van der Waals surface area contributed by atoms with E-state index < -0.39 is 0 Å². The first kappa shape index (κ1) is 15.5. The SMILES string of the molecule is CNCc1nc(CSC(C)(C)C)sc1-c1ccccc1. The highest BCUT2D eigenvalue weighted by Crippen LogP contribution is 2.34. The molecule has 2 rings (SSSR count). The fraction of sp³-hybridized carbons (Fsp3) is 0.438. The third-order valence-corrected chi connectivity index (χ3v) is 5.36. The molecule has 0 unspecified atom stereocenters. The summed E-state index contributed by atoms with van der Waals surface area (Å²) in [5.41, 5.74) is 2.43. The van der Waals surface area contributed by atoms with Crippen molar-refractivity contribution >= 4 is 23.1 Å². The van der Waals surface area contributed by atoms with Crippen molar-refractivity contribution in [1.82, 2.24) is 10.3 Å². The molecule has 20 heavy (non-hydrogen) atoms. The third kappa shape index (κ3) is 4.33. The Morgan fingerprint density at radius 1 is 1.20 bits per heavy atom. The van der Waals surface area contributed by atoms with Crippen LogP contribution in [0.15, 0.2) is 30.3 Å². The molecule has 108 valence electrons. The molecule has 0 aliphatic rings. The van der Waals surface area contributed by atoms with Crippen molar-refractivity contribution in [3.63, 3.8) is 0 Å². The van der Waals surface area contributed by atoms with Crippen LogP contribution < -0.4 is 5.32 Å². The fourth-order valence-electron chi connectivity index (χ4n) is 1.84. The maximum absolute atomic E-state index is 4.81. The number of rotatable bonds is 5. The molecule has 0 aliphatic carbocycles. The second kappa shape index (κ2) is 6.74. The highest BCUT2D eigenvalue weighted by Gasteiger charge is 2.16. The van der Waals surface area contributed by atoms with E-state index in [1.54, 1.807) is 0 Å². The van der Waals surface area contributed by atoms with Gasteiger partial charge in [0.1, 0.15) is 5.01 Å². The standard InChI is InChI=1S/C16H22N2S2/c1-16(2,3)19-11-14-18-13(10-17-4)15(20-14)12-8-6-5-7-9-12/h5-9,17H,10-11H2,1-4H3. The van der Waals surface area contributed by atoms with Crippen LogP contribution in [-0.4, -0.2) is 16.8 Å². The molecular formula is C16H22N2S2. The second-order valence-corrected chi connectivity index (χ2v) is 8.57. The van der Waals surface area contributed by atoms with Gasteiger partial charge in [0.25, 0.3) is 0 Å². The summed E-state index contributed by atoms with van der Waals surface area (Å²) in [5.74, 6) is 0.984. The molecule has 0 aliphatic heterocycles. The summed E-state index contributed by atoms with van der Waals surface area (Å²) in [7, 11) is 1.97. The minimum absolute atomic E-state index is 0.280. The van der Waals surface area contributed by atoms with Gasteiger partial charge in [0.2, 0.25) is 0 Å². The van der Waals surface area contributed by atoms with Crippen molar-refractivity contribution in [3.8, 4) is 10.4 Å². The second-order valence-electron chi connectivity index (χ2n) is 5.68. The first-order valence-corrected chi connectivity index (χ1v) is 8.62. The first-order valence-electron chi connectivity index (χ1n) is 6.82. The molecule has 0 radical (unpaired) electrons. The van der Waals surface area contributed by atoms with Gasteiger partial charge in [-0.2, -0.15) is 0 Å². The number of aromatic nitrogens is 1. The van der Waals surface area contributed by atoms with Crippen LogP contribution in [0.4, 0.5) is 0 Å². The van der Waals surface area contributed by atoms with Crippen LogP contribution in [0.3, 0.4) is 0 Å². The summed E-state index contributed by atoms with van der Waals surface area (Å²) in [4.78, 5) is 6.11. The largest absolute Gasteiger partial charge is 0.314 e. The molecule has 0 amide bonds. The van der Waals surface area contributed by atoms with Gasteiger partial charge < -0.3 is 5.32 Å². The predicted molar refractivity (Wildman–Crippen MR) is 91.4 cm³/mol. The third-order valence-electron chi connectivity index (χ3n) is 2.75. The summed E-state index contributed by atoms with van der Waals surface area (Å²) < 4.78 is 0.280. The summed E-state index contributed by atoms with van der Waals surface area (Å²) in [5, 5.41) is 4.43. The number of thiazole rings is 1. The Bertz CT molecular complexity index is 541. The topological polar surface area (TPSA) is 24.9 Å². The molecule has 0 spiro atoms. The van der Waals surface area contributed by atoms with Crippen molar-refractivity contribution in [3.05, 3.63) is 41.0 Å². The van der Waals surface area contributed by atoms with Gasteiger partial charge in [-0.15, -0.1) is 23.1 Å². The van der Waals surface area contributed by atoms with Crippen LogP contribution in [0, 0.1) is 0 Å². The summed E-state index contributed by atoms with van der Waals surface area (Å²) >= 11 is 3.77. The molecule has 1 heterocycles. The van der Waals surface area contributed by atoms with Gasteiger partial charge in [0.15, 0.2) is 0 Å². The molecule has 0 bridgehead atoms. The molecule has 2 aromatic rings. The van der Waals surface area contributed by atoms with Crippen LogP contribution in [-0.2, 0) is 12.3 Å². The van der Waals surface area contributed by atoms with Gasteiger partial charge in [0.05, 0.1) is 10.6 Å². The van der Waals surface area contributed by atoms with Crippen LogP contribution in [0.2, 0.25) is 0 Å². The average molecular weight is 306 g/mol. The van der Waals surface area contributed by atoms with E-state index in [4.69, 9.17) is 4.98 Å². The molecule has 2 nitrogen and oxygen atoms in total. The van der Waals surface area contributed by atoms with E-state index in [1.807, 2.05) is 30.1 Å². The number of thioether (sulfide) groups is 1. The van der Waals surface area contributed by atoms with E-state index in [0.29, 0.717) is 0 Å². The van der Waals surface area contributed by atoms with Crippen LogP contribution in [0.5, 0.6) is 0 Å². The summed E-state index contributed by atoms with van der Waals surface area (Å²) in [6.45, 7) is 7.56. The summed E-state index contributed by atoms with van der Waals surface area (Å²) in [6.07, 6.45) is 0. The Morgan fingerprint density at radius 2 is 1.90 bits per heavy atom. The minimum Gasteiger partial charge on any atom is -0.314 e. The zero-order chi connectivity index (χ0) is 14.6. The van der Waals surface area contributed by atoms with Gasteiger partial charge >= 0.3 is 0 Å². The highest BCUT2D eigenvalue weighted by molar-refractivity contribution is 7.99. The van der Waals surface area contributed by atoms with E-state index >= 15 is 0 Å². The van der Waals surface area contributed by atoms with Crippen molar-refractivity contribution in [2.45, 2.75) is 37.8 Å². The van der Waals surface area contributed by atoms with E-state index in [1.165, 1.54) is 15.4 Å². The zero-order valence-corrected chi connectivity index (χ0v) is 14.2. The Hall–Kier alpha value is -0.840. The lowest BCUT2D eigenvalue weighted by atomic mass is 10.1. The highest BCUT2D eigenvalue weighted by atomic mass is 32.2. The summed E-state index contributed by atoms with van der Waals surface area (Å²) in [6, 6.07) is 10.5. The molecule has 0 saturated heterocycles. The van der Waals surface area contributed by atoms with Gasteiger partial charge in [0, 0.05) is 17.0 Å². The molecule has 0 saturated carbocycles. The number of nitrogens with one attached hydrogen (secondary N) is 1. The Morgan fingerprint density at radius 3 is 2.50 bits per heavy atom. The Balaban J connectivity index is 2.24. The molecule has 0 fully saturated rings. The molecule has 4 heteroatoms. The zero-order valence-electron chi connectivity index (χ0n) is 12.6. The van der Waals surface area contributed by atoms with E-state index in [-0.39, 0.29) is 4.75 Å². The van der Waals surface area contributed by atoms with Crippen molar-refractivity contribution in [1.29, 1.82) is 0 Å². The maximum atomic E-state index is 4.81. The van der Waals surface area contributed by atoms with Gasteiger partial charge in [-0.05, 0) is 12.6 Å². The van der Waals surface area contributed by atoms with Gasteiger partial charge in [-0.25, -0.2) is 4.98 Å². The van der Waals surface area contributed by atoms with E-state index in [9.17, 15) is 0 Å². The smallest absolute Gasteiger partial charge is 0.103 e. The monoisotopic (exact) mass is 306 g/mol. The van der Waals surface area contributed by atoms with Crippen LogP contribution >= 0.6 is 23.1 Å². The Labute approximate surface area is 130 Å². The Kier molecular flexibility index (Phi) is 5.24. The predicted octanol–water partition coefficient (Wildman–Crippen LogP) is 4.56. The van der Waals surface area contributed by atoms with Crippen molar-refractivity contribution in [2.24, 2.45) is 0 Å². The normalized spacial score (nSPS) is 11.8. The van der Waals surface area contributed by atoms with E-state index in [2.05, 4.69) is 56.4 Å². The molecule has 1 aromatic heterocycles. The maximum Gasteiger partial charge on any atom is 0.103 e. The molecule has 0 atom stereocenters. The molecular weight excluding hydrogens is 284 g/mol. The lowest BCUT2D eigenvalue weighted by molar-refractivity contribution is 0.792. The van der Waals surface area contributed by atoms with Gasteiger partial charge in [-0.3, -0.25) is 0 Å². The van der Waals surface area contributed by atoms with Crippen molar-refractivity contribution < 1.29 is 0 Å².